The predicted molar refractivity (Wildman–Crippen MR) is 228 cm³/mol. The van der Waals surface area contributed by atoms with Crippen molar-refractivity contribution in [2.45, 2.75) is 0 Å². The molecule has 0 amide bonds. The van der Waals surface area contributed by atoms with E-state index in [0.717, 1.165) is 88.7 Å². The van der Waals surface area contributed by atoms with Gasteiger partial charge in [-0.3, -0.25) is 0 Å². The zero-order valence-electron chi connectivity index (χ0n) is 31.6. The van der Waals surface area contributed by atoms with E-state index in [9.17, 15) is 0 Å². The zero-order chi connectivity index (χ0) is 39.0. The average Bonchev–Trinajstić information content (AvgIpc) is 4.01. The third kappa shape index (κ3) is 6.32. The van der Waals surface area contributed by atoms with E-state index in [2.05, 4.69) is 93.2 Å². The first-order valence-corrected chi connectivity index (χ1v) is 18.8. The monoisotopic (exact) mass is 754 g/mol. The lowest BCUT2D eigenvalue weighted by Crippen LogP contribution is -1.95. The lowest BCUT2D eigenvalue weighted by molar-refractivity contribution is 0.411. The number of nitrogens with zero attached hydrogens (tertiary/aromatic N) is 4. The van der Waals surface area contributed by atoms with Gasteiger partial charge in [0.05, 0.1) is 14.2 Å². The molecule has 0 unspecified atom stereocenters. The number of hydrogen-bond donors (Lipinski definition) is 0. The summed E-state index contributed by atoms with van der Waals surface area (Å²) < 4.78 is 24.1. The molecule has 2 aromatic heterocycles. The van der Waals surface area contributed by atoms with Crippen molar-refractivity contribution in [3.05, 3.63) is 170 Å². The largest absolute Gasteiger partial charge is 0.496 e. The van der Waals surface area contributed by atoms with Crippen LogP contribution < -0.4 is 9.47 Å². The SMILES string of the molecule is COc1ccc2cc(-c3ccc(-c4nnc(-c5ccccc5)o4)cc3)ccc2c1-c1c(OC)ccc2cc(-c3ccc(-c4nnc(-c5ccccc5)o4)cc3)ccc12. The number of hydrogen-bond acceptors (Lipinski definition) is 8. The van der Waals surface area contributed by atoms with Crippen molar-refractivity contribution in [2.24, 2.45) is 0 Å². The fraction of sp³-hybridized carbons (Fsp3) is 0.0400. The van der Waals surface area contributed by atoms with Crippen molar-refractivity contribution >= 4 is 21.5 Å². The number of rotatable bonds is 9. The normalized spacial score (nSPS) is 11.3. The summed E-state index contributed by atoms with van der Waals surface area (Å²) in [5.41, 5.74) is 9.75. The third-order valence-electron chi connectivity index (χ3n) is 10.5. The molecule has 0 saturated carbocycles. The second-order valence-electron chi connectivity index (χ2n) is 13.9. The summed E-state index contributed by atoms with van der Waals surface area (Å²) in [5, 5.41) is 21.4. The molecule has 0 fully saturated rings. The van der Waals surface area contributed by atoms with Gasteiger partial charge in [-0.15, -0.1) is 20.4 Å². The standard InChI is InChI=1S/C50H34N4O4/c1-55-43-27-23-39-29-37(31-13-17-35(18-14-31)49-53-51-47(57-49)33-9-5-3-6-10-33)21-25-41(39)45(43)46-42-26-22-38(30-40(42)24-28-44(46)56-2)32-15-19-36(20-16-32)50-54-52-48(58-50)34-11-7-4-8-12-34/h3-30H,1-2H3. The van der Waals surface area contributed by atoms with Gasteiger partial charge in [0.2, 0.25) is 23.6 Å². The van der Waals surface area contributed by atoms with Gasteiger partial charge in [0.25, 0.3) is 0 Å². The molecular formula is C50H34N4O4. The van der Waals surface area contributed by atoms with Gasteiger partial charge in [-0.05, 0) is 117 Å². The third-order valence-corrected chi connectivity index (χ3v) is 10.5. The highest BCUT2D eigenvalue weighted by Gasteiger charge is 2.20. The van der Waals surface area contributed by atoms with E-state index >= 15 is 0 Å². The smallest absolute Gasteiger partial charge is 0.248 e. The Morgan fingerprint density at radius 1 is 0.328 bits per heavy atom. The van der Waals surface area contributed by atoms with E-state index in [1.807, 2.05) is 97.1 Å². The molecule has 0 atom stereocenters. The van der Waals surface area contributed by atoms with E-state index < -0.39 is 0 Å². The van der Waals surface area contributed by atoms with Crippen molar-refractivity contribution in [1.29, 1.82) is 0 Å². The summed E-state index contributed by atoms with van der Waals surface area (Å²) in [6, 6.07) is 57.3. The Kier molecular flexibility index (Phi) is 8.76. The van der Waals surface area contributed by atoms with Crippen molar-refractivity contribution in [2.75, 3.05) is 14.2 Å². The van der Waals surface area contributed by atoms with Crippen LogP contribution in [0.5, 0.6) is 11.5 Å². The van der Waals surface area contributed by atoms with Crippen LogP contribution in [-0.2, 0) is 0 Å². The highest BCUT2D eigenvalue weighted by molar-refractivity contribution is 6.11. The molecule has 8 aromatic carbocycles. The maximum Gasteiger partial charge on any atom is 0.248 e. The molecule has 10 rings (SSSR count). The lowest BCUT2D eigenvalue weighted by atomic mass is 9.90. The zero-order valence-corrected chi connectivity index (χ0v) is 31.6. The summed E-state index contributed by atoms with van der Waals surface area (Å²) >= 11 is 0. The van der Waals surface area contributed by atoms with Crippen LogP contribution in [-0.4, -0.2) is 34.6 Å². The Balaban J connectivity index is 0.970. The minimum Gasteiger partial charge on any atom is -0.496 e. The van der Waals surface area contributed by atoms with Crippen molar-refractivity contribution in [1.82, 2.24) is 20.4 Å². The first kappa shape index (κ1) is 34.6. The topological polar surface area (TPSA) is 96.3 Å². The van der Waals surface area contributed by atoms with Gasteiger partial charge < -0.3 is 18.3 Å². The van der Waals surface area contributed by atoms with Crippen LogP contribution in [0.1, 0.15) is 0 Å². The molecule has 0 N–H and O–H groups in total. The molecule has 0 aliphatic heterocycles. The Morgan fingerprint density at radius 3 is 1.02 bits per heavy atom. The Morgan fingerprint density at radius 2 is 0.655 bits per heavy atom. The number of benzene rings is 8. The van der Waals surface area contributed by atoms with Crippen molar-refractivity contribution < 1.29 is 18.3 Å². The number of fused-ring (bicyclic) bond motifs is 2. The van der Waals surface area contributed by atoms with Gasteiger partial charge in [0, 0.05) is 33.4 Å². The quantitative estimate of drug-likeness (QED) is 0.144. The summed E-state index contributed by atoms with van der Waals surface area (Å²) in [6.45, 7) is 0. The molecular weight excluding hydrogens is 721 g/mol. The first-order chi connectivity index (χ1) is 28.6. The minimum absolute atomic E-state index is 0.480. The second kappa shape index (κ2) is 14.7. The molecule has 10 aromatic rings. The van der Waals surface area contributed by atoms with Gasteiger partial charge >= 0.3 is 0 Å². The lowest BCUT2D eigenvalue weighted by Gasteiger charge is -2.18. The van der Waals surface area contributed by atoms with Crippen LogP contribution in [0.4, 0.5) is 0 Å². The molecule has 8 nitrogen and oxygen atoms in total. The van der Waals surface area contributed by atoms with Crippen LogP contribution in [0.2, 0.25) is 0 Å². The molecule has 0 aliphatic rings. The second-order valence-corrected chi connectivity index (χ2v) is 13.9. The van der Waals surface area contributed by atoms with E-state index in [0.29, 0.717) is 23.6 Å². The molecule has 278 valence electrons. The van der Waals surface area contributed by atoms with Gasteiger partial charge in [-0.1, -0.05) is 97.1 Å². The molecule has 0 saturated heterocycles. The highest BCUT2D eigenvalue weighted by Crippen LogP contribution is 2.46. The van der Waals surface area contributed by atoms with Gasteiger partial charge in [-0.25, -0.2) is 0 Å². The van der Waals surface area contributed by atoms with Crippen LogP contribution in [0.25, 0.3) is 101 Å². The van der Waals surface area contributed by atoms with Gasteiger partial charge in [0.1, 0.15) is 11.5 Å². The first-order valence-electron chi connectivity index (χ1n) is 18.8. The van der Waals surface area contributed by atoms with E-state index in [-0.39, 0.29) is 0 Å². The Labute approximate surface area is 334 Å². The number of methoxy groups -OCH3 is 2. The molecule has 58 heavy (non-hydrogen) atoms. The number of ether oxygens (including phenoxy) is 2. The minimum atomic E-state index is 0.480. The Bertz CT molecular complexity index is 2860. The summed E-state index contributed by atoms with van der Waals surface area (Å²) in [7, 11) is 3.42. The highest BCUT2D eigenvalue weighted by atomic mass is 16.5. The molecule has 0 spiro atoms. The molecule has 0 radical (unpaired) electrons. The summed E-state index contributed by atoms with van der Waals surface area (Å²) in [4.78, 5) is 0. The number of aromatic nitrogens is 4. The van der Waals surface area contributed by atoms with Gasteiger partial charge in [-0.2, -0.15) is 0 Å². The summed E-state index contributed by atoms with van der Waals surface area (Å²) in [5.74, 6) is 3.48. The van der Waals surface area contributed by atoms with Crippen LogP contribution >= 0.6 is 0 Å². The fourth-order valence-electron chi connectivity index (χ4n) is 7.52. The van der Waals surface area contributed by atoms with Gasteiger partial charge in [0.15, 0.2) is 0 Å². The average molecular weight is 755 g/mol. The maximum atomic E-state index is 6.03. The molecule has 0 aliphatic carbocycles. The van der Waals surface area contributed by atoms with E-state index in [1.165, 1.54) is 0 Å². The molecule has 2 heterocycles. The van der Waals surface area contributed by atoms with Crippen LogP contribution in [0, 0.1) is 0 Å². The van der Waals surface area contributed by atoms with Crippen molar-refractivity contribution in [3.63, 3.8) is 0 Å². The summed E-state index contributed by atoms with van der Waals surface area (Å²) in [6.07, 6.45) is 0. The molecule has 0 bridgehead atoms. The van der Waals surface area contributed by atoms with Crippen molar-refractivity contribution in [3.8, 4) is 90.7 Å². The predicted octanol–water partition coefficient (Wildman–Crippen LogP) is 12.4. The fourth-order valence-corrected chi connectivity index (χ4v) is 7.52. The van der Waals surface area contributed by atoms with E-state index in [4.69, 9.17) is 18.3 Å². The van der Waals surface area contributed by atoms with Crippen LogP contribution in [0.15, 0.2) is 179 Å². The molecule has 8 heteroatoms. The maximum absolute atomic E-state index is 6.03. The Hall–Kier alpha value is -7.84. The van der Waals surface area contributed by atoms with Crippen LogP contribution in [0.3, 0.4) is 0 Å². The van der Waals surface area contributed by atoms with E-state index in [1.54, 1.807) is 14.2 Å².